The lowest BCUT2D eigenvalue weighted by Gasteiger charge is -2.12. The summed E-state index contributed by atoms with van der Waals surface area (Å²) in [6.07, 6.45) is -0.278. The first-order valence-electron chi connectivity index (χ1n) is 6.05. The fraction of sp³-hybridized carbons (Fsp3) is 0.333. The van der Waals surface area contributed by atoms with Crippen molar-refractivity contribution in [3.05, 3.63) is 41.0 Å². The molecule has 0 aliphatic carbocycles. The predicted molar refractivity (Wildman–Crippen MR) is 79.0 cm³/mol. The number of carbonyl (C=O) groups is 2. The zero-order valence-electron chi connectivity index (χ0n) is 11.6. The van der Waals surface area contributed by atoms with Crippen LogP contribution in [0, 0.1) is 6.92 Å². The van der Waals surface area contributed by atoms with E-state index in [1.165, 1.54) is 6.92 Å². The maximum absolute atomic E-state index is 12.0. The minimum absolute atomic E-state index is 0.00802. The van der Waals surface area contributed by atoms with Gasteiger partial charge in [0.25, 0.3) is 0 Å². The van der Waals surface area contributed by atoms with Gasteiger partial charge < -0.3 is 4.74 Å². The molecular weight excluding hydrogens is 260 g/mol. The van der Waals surface area contributed by atoms with Crippen LogP contribution in [0.5, 0.6) is 0 Å². The summed E-state index contributed by atoms with van der Waals surface area (Å²) in [6.45, 7) is 6.71. The topological polar surface area (TPSA) is 43.4 Å². The van der Waals surface area contributed by atoms with Crippen molar-refractivity contribution in [3.63, 3.8) is 0 Å². The summed E-state index contributed by atoms with van der Waals surface area (Å²) >= 11 is 4.34. The number of ketones is 1. The molecule has 0 atom stereocenters. The lowest BCUT2D eigenvalue weighted by molar-refractivity contribution is -0.143. The molecule has 1 aromatic rings. The van der Waals surface area contributed by atoms with Crippen LogP contribution in [0.4, 0.5) is 0 Å². The van der Waals surface area contributed by atoms with E-state index < -0.39 is 5.97 Å². The zero-order chi connectivity index (χ0) is 14.6. The number of carbonyl (C=O) groups excluding carboxylic acids is 2. The van der Waals surface area contributed by atoms with E-state index in [9.17, 15) is 9.59 Å². The van der Waals surface area contributed by atoms with Crippen molar-refractivity contribution in [2.45, 2.75) is 33.8 Å². The summed E-state index contributed by atoms with van der Waals surface area (Å²) in [7, 11) is 0. The highest BCUT2D eigenvalue weighted by molar-refractivity contribution is 7.90. The minimum atomic E-state index is -0.629. The van der Waals surface area contributed by atoms with Crippen LogP contribution >= 0.6 is 12.6 Å². The second kappa shape index (κ2) is 6.57. The quantitative estimate of drug-likeness (QED) is 0.302. The number of hydrogen-bond donors (Lipinski definition) is 1. The second-order valence-corrected chi connectivity index (χ2v) is 5.00. The fourth-order valence-electron chi connectivity index (χ4n) is 1.65. The van der Waals surface area contributed by atoms with Gasteiger partial charge in [-0.3, -0.25) is 4.79 Å². The van der Waals surface area contributed by atoms with Crippen LogP contribution < -0.4 is 0 Å². The van der Waals surface area contributed by atoms with Crippen LogP contribution in [-0.4, -0.2) is 17.9 Å². The van der Waals surface area contributed by atoms with Crippen molar-refractivity contribution in [1.82, 2.24) is 0 Å². The second-order valence-electron chi connectivity index (χ2n) is 4.55. The van der Waals surface area contributed by atoms with Crippen LogP contribution in [0.1, 0.15) is 31.9 Å². The van der Waals surface area contributed by atoms with Crippen LogP contribution in [0.25, 0.3) is 4.91 Å². The monoisotopic (exact) mass is 278 g/mol. The molecule has 0 heterocycles. The number of Topliss-reactive ketones (excluding diaryl/α,β-unsaturated/α-hetero) is 1. The number of ether oxygens (including phenoxy) is 1. The molecule has 0 spiro atoms. The standard InChI is InChI=1S/C15H18O3S/c1-9(2)18-15(17)13(11(4)16)14(19)12-8-6-5-7-10(12)3/h5-9,19H,1-4H3. The first kappa shape index (κ1) is 15.5. The van der Waals surface area contributed by atoms with Gasteiger partial charge in [0, 0.05) is 4.91 Å². The molecule has 0 fully saturated rings. The highest BCUT2D eigenvalue weighted by atomic mass is 32.1. The lowest BCUT2D eigenvalue weighted by Crippen LogP contribution is -2.18. The Hall–Kier alpha value is -1.55. The predicted octanol–water partition coefficient (Wildman–Crippen LogP) is 3.18. The van der Waals surface area contributed by atoms with Crippen molar-refractivity contribution in [1.29, 1.82) is 0 Å². The van der Waals surface area contributed by atoms with Gasteiger partial charge in [0.15, 0.2) is 5.78 Å². The van der Waals surface area contributed by atoms with Crippen molar-refractivity contribution in [2.24, 2.45) is 0 Å². The molecule has 0 saturated carbocycles. The molecule has 0 radical (unpaired) electrons. The molecule has 0 amide bonds. The van der Waals surface area contributed by atoms with Gasteiger partial charge in [0.05, 0.1) is 6.10 Å². The van der Waals surface area contributed by atoms with Crippen LogP contribution in [0.2, 0.25) is 0 Å². The molecule has 3 nitrogen and oxygen atoms in total. The van der Waals surface area contributed by atoms with Gasteiger partial charge in [-0.05, 0) is 38.8 Å². The van der Waals surface area contributed by atoms with E-state index in [0.717, 1.165) is 11.1 Å². The zero-order valence-corrected chi connectivity index (χ0v) is 12.5. The van der Waals surface area contributed by atoms with Gasteiger partial charge in [-0.2, -0.15) is 0 Å². The molecule has 0 unspecified atom stereocenters. The Morgan fingerprint density at radius 1 is 1.21 bits per heavy atom. The first-order valence-corrected chi connectivity index (χ1v) is 6.50. The summed E-state index contributed by atoms with van der Waals surface area (Å²) in [5, 5.41) is 0. The Morgan fingerprint density at radius 2 is 1.79 bits per heavy atom. The SMILES string of the molecule is CC(=O)C(C(=O)OC(C)C)=C(S)c1ccccc1C. The smallest absolute Gasteiger partial charge is 0.343 e. The Kier molecular flexibility index (Phi) is 5.36. The lowest BCUT2D eigenvalue weighted by atomic mass is 10.0. The maximum Gasteiger partial charge on any atom is 0.343 e. The van der Waals surface area contributed by atoms with Crippen molar-refractivity contribution in [3.8, 4) is 0 Å². The molecule has 0 N–H and O–H groups in total. The number of hydrogen-bond acceptors (Lipinski definition) is 4. The molecule has 1 aromatic carbocycles. The third-order valence-corrected chi connectivity index (χ3v) is 3.00. The Morgan fingerprint density at radius 3 is 2.26 bits per heavy atom. The van der Waals surface area contributed by atoms with Gasteiger partial charge in [-0.15, -0.1) is 12.6 Å². The van der Waals surface area contributed by atoms with Gasteiger partial charge in [0.2, 0.25) is 0 Å². The number of benzene rings is 1. The summed E-state index contributed by atoms with van der Waals surface area (Å²) in [5.74, 6) is -0.977. The Balaban J connectivity index is 3.31. The van der Waals surface area contributed by atoms with E-state index in [1.54, 1.807) is 13.8 Å². The van der Waals surface area contributed by atoms with E-state index in [0.29, 0.717) is 4.91 Å². The fourth-order valence-corrected chi connectivity index (χ4v) is 2.15. The van der Waals surface area contributed by atoms with Crippen molar-refractivity contribution < 1.29 is 14.3 Å². The van der Waals surface area contributed by atoms with Gasteiger partial charge >= 0.3 is 5.97 Å². The third-order valence-electron chi connectivity index (χ3n) is 2.54. The maximum atomic E-state index is 12.0. The van der Waals surface area contributed by atoms with E-state index in [1.807, 2.05) is 31.2 Å². The van der Waals surface area contributed by atoms with E-state index in [4.69, 9.17) is 4.74 Å². The van der Waals surface area contributed by atoms with Gasteiger partial charge in [-0.25, -0.2) is 4.79 Å². The van der Waals surface area contributed by atoms with Gasteiger partial charge in [-0.1, -0.05) is 24.3 Å². The van der Waals surface area contributed by atoms with E-state index in [2.05, 4.69) is 12.6 Å². The molecule has 19 heavy (non-hydrogen) atoms. The molecular formula is C15H18O3S. The van der Waals surface area contributed by atoms with Crippen LogP contribution in [0.3, 0.4) is 0 Å². The highest BCUT2D eigenvalue weighted by Crippen LogP contribution is 2.27. The number of thiol groups is 1. The molecule has 4 heteroatoms. The molecule has 0 saturated heterocycles. The first-order chi connectivity index (χ1) is 8.84. The van der Waals surface area contributed by atoms with Crippen LogP contribution in [-0.2, 0) is 14.3 Å². The largest absolute Gasteiger partial charge is 0.459 e. The van der Waals surface area contributed by atoms with E-state index >= 15 is 0 Å². The Bertz CT molecular complexity index is 530. The third kappa shape index (κ3) is 3.96. The molecule has 0 aliphatic rings. The van der Waals surface area contributed by atoms with Gasteiger partial charge in [0.1, 0.15) is 5.57 Å². The molecule has 102 valence electrons. The minimum Gasteiger partial charge on any atom is -0.459 e. The Labute approximate surface area is 119 Å². The normalized spacial score (nSPS) is 12.1. The molecule has 0 aliphatic heterocycles. The summed E-state index contributed by atoms with van der Waals surface area (Å²) in [4.78, 5) is 24.0. The van der Waals surface area contributed by atoms with Crippen LogP contribution in [0.15, 0.2) is 29.8 Å². The van der Waals surface area contributed by atoms with Crippen molar-refractivity contribution in [2.75, 3.05) is 0 Å². The average molecular weight is 278 g/mol. The summed E-state index contributed by atoms with van der Waals surface area (Å²) < 4.78 is 5.09. The number of rotatable bonds is 4. The summed E-state index contributed by atoms with van der Waals surface area (Å²) in [5.41, 5.74) is 1.70. The van der Waals surface area contributed by atoms with E-state index in [-0.39, 0.29) is 17.5 Å². The number of esters is 1. The summed E-state index contributed by atoms with van der Waals surface area (Å²) in [6, 6.07) is 7.45. The molecule has 0 aromatic heterocycles. The molecule has 0 bridgehead atoms. The average Bonchev–Trinajstić information content (AvgIpc) is 2.27. The van der Waals surface area contributed by atoms with Crippen molar-refractivity contribution >= 4 is 29.3 Å². The highest BCUT2D eigenvalue weighted by Gasteiger charge is 2.22. The molecule has 1 rings (SSSR count). The number of aryl methyl sites for hydroxylation is 1.